The van der Waals surface area contributed by atoms with Gasteiger partial charge in [-0.3, -0.25) is 24.2 Å². The molecule has 5 atom stereocenters. The molecule has 1 aliphatic rings. The lowest BCUT2D eigenvalue weighted by atomic mass is 9.97. The summed E-state index contributed by atoms with van der Waals surface area (Å²) in [6.45, 7) is 4.24. The SMILES string of the molecule is CC(=O)OCC1OC(/N=C/c2ccccc2O)C(OC(C)=O)C(OC(C)=O)C1OC(C)=O. The van der Waals surface area contributed by atoms with Gasteiger partial charge in [-0.2, -0.15) is 0 Å². The molecule has 11 heteroatoms. The Kier molecular flexibility index (Phi) is 8.71. The van der Waals surface area contributed by atoms with E-state index in [1.807, 2.05) is 0 Å². The highest BCUT2D eigenvalue weighted by Gasteiger charge is 2.52. The maximum absolute atomic E-state index is 11.8. The fourth-order valence-electron chi connectivity index (χ4n) is 3.08. The standard InChI is InChI=1S/C21H25NO10/c1-11(23)28-10-17-18(29-12(2)24)19(30-13(3)25)20(31-14(4)26)21(32-17)22-9-15-7-5-6-8-16(15)27/h5-9,17-21,27H,10H2,1-4H3/b22-9+. The summed E-state index contributed by atoms with van der Waals surface area (Å²) in [5.74, 6) is -2.85. The Morgan fingerprint density at radius 3 is 2.03 bits per heavy atom. The van der Waals surface area contributed by atoms with Crippen molar-refractivity contribution < 1.29 is 48.0 Å². The highest BCUT2D eigenvalue weighted by molar-refractivity contribution is 5.83. The van der Waals surface area contributed by atoms with Gasteiger partial charge in [0.2, 0.25) is 0 Å². The zero-order chi connectivity index (χ0) is 23.8. The molecule has 174 valence electrons. The minimum Gasteiger partial charge on any atom is -0.507 e. The van der Waals surface area contributed by atoms with Crippen LogP contribution in [0, 0.1) is 0 Å². The summed E-state index contributed by atoms with van der Waals surface area (Å²) >= 11 is 0. The Bertz CT molecular complexity index is 883. The number of rotatable bonds is 7. The van der Waals surface area contributed by atoms with E-state index in [9.17, 15) is 24.3 Å². The molecule has 1 aliphatic heterocycles. The van der Waals surface area contributed by atoms with E-state index in [-0.39, 0.29) is 12.4 Å². The number of phenols is 1. The first-order valence-corrected chi connectivity index (χ1v) is 9.70. The predicted octanol–water partition coefficient (Wildman–Crippen LogP) is 0.894. The molecule has 1 aromatic carbocycles. The van der Waals surface area contributed by atoms with E-state index in [0.717, 1.165) is 20.8 Å². The quantitative estimate of drug-likeness (QED) is 0.360. The molecule has 0 radical (unpaired) electrons. The third kappa shape index (κ3) is 7.05. The summed E-state index contributed by atoms with van der Waals surface area (Å²) in [6.07, 6.45) is -4.90. The maximum Gasteiger partial charge on any atom is 0.303 e. The van der Waals surface area contributed by atoms with Crippen molar-refractivity contribution in [2.75, 3.05) is 6.61 Å². The smallest absolute Gasteiger partial charge is 0.303 e. The second-order valence-electron chi connectivity index (χ2n) is 6.93. The zero-order valence-corrected chi connectivity index (χ0v) is 18.0. The molecular weight excluding hydrogens is 426 g/mol. The van der Waals surface area contributed by atoms with Crippen molar-refractivity contribution in [1.29, 1.82) is 0 Å². The molecule has 0 bridgehead atoms. The second-order valence-corrected chi connectivity index (χ2v) is 6.93. The van der Waals surface area contributed by atoms with E-state index in [4.69, 9.17) is 23.7 Å². The van der Waals surface area contributed by atoms with Gasteiger partial charge in [0.05, 0.1) is 0 Å². The van der Waals surface area contributed by atoms with Crippen molar-refractivity contribution >= 4 is 30.1 Å². The maximum atomic E-state index is 11.8. The van der Waals surface area contributed by atoms with E-state index in [2.05, 4.69) is 4.99 Å². The van der Waals surface area contributed by atoms with Crippen LogP contribution in [0.4, 0.5) is 0 Å². The first-order valence-electron chi connectivity index (χ1n) is 9.70. The monoisotopic (exact) mass is 451 g/mol. The number of hydrogen-bond donors (Lipinski definition) is 1. The van der Waals surface area contributed by atoms with E-state index in [0.29, 0.717) is 5.56 Å². The second kappa shape index (κ2) is 11.2. The lowest BCUT2D eigenvalue weighted by molar-refractivity contribution is -0.250. The Hall–Kier alpha value is -3.47. The van der Waals surface area contributed by atoms with E-state index in [1.165, 1.54) is 19.2 Å². The van der Waals surface area contributed by atoms with Crippen LogP contribution in [0.2, 0.25) is 0 Å². The first kappa shape index (κ1) is 24.8. The average Bonchev–Trinajstić information content (AvgIpc) is 2.68. The number of aliphatic imine (C=N–C) groups is 1. The van der Waals surface area contributed by atoms with Crippen molar-refractivity contribution in [3.63, 3.8) is 0 Å². The van der Waals surface area contributed by atoms with Gasteiger partial charge in [0.1, 0.15) is 18.5 Å². The summed E-state index contributed by atoms with van der Waals surface area (Å²) in [4.78, 5) is 50.8. The van der Waals surface area contributed by atoms with Gasteiger partial charge in [0.15, 0.2) is 24.5 Å². The van der Waals surface area contributed by atoms with Gasteiger partial charge in [0.25, 0.3) is 0 Å². The fourth-order valence-corrected chi connectivity index (χ4v) is 3.08. The van der Waals surface area contributed by atoms with E-state index in [1.54, 1.807) is 18.2 Å². The molecular formula is C21H25NO10. The van der Waals surface area contributed by atoms with Crippen molar-refractivity contribution in [2.24, 2.45) is 4.99 Å². The van der Waals surface area contributed by atoms with Crippen LogP contribution in [0.3, 0.4) is 0 Å². The van der Waals surface area contributed by atoms with Gasteiger partial charge < -0.3 is 28.8 Å². The number of esters is 4. The van der Waals surface area contributed by atoms with Crippen LogP contribution in [0.1, 0.15) is 33.3 Å². The average molecular weight is 451 g/mol. The normalized spacial score (nSPS) is 25.1. The van der Waals surface area contributed by atoms with Gasteiger partial charge in [-0.25, -0.2) is 0 Å². The summed E-state index contributed by atoms with van der Waals surface area (Å²) in [5, 5.41) is 9.96. The Labute approximate surface area is 184 Å². The van der Waals surface area contributed by atoms with Gasteiger partial charge in [0, 0.05) is 39.5 Å². The van der Waals surface area contributed by atoms with Crippen molar-refractivity contribution in [3.8, 4) is 5.75 Å². The number of para-hydroxylation sites is 1. The summed E-state index contributed by atoms with van der Waals surface area (Å²) in [6, 6.07) is 6.34. The highest BCUT2D eigenvalue weighted by Crippen LogP contribution is 2.30. The molecule has 1 fully saturated rings. The topological polar surface area (TPSA) is 147 Å². The molecule has 2 rings (SSSR count). The Balaban J connectivity index is 2.47. The molecule has 0 saturated carbocycles. The number of benzene rings is 1. The number of carbonyl (C=O) groups is 4. The van der Waals surface area contributed by atoms with E-state index < -0.39 is 54.5 Å². The van der Waals surface area contributed by atoms with Crippen LogP contribution in [0.25, 0.3) is 0 Å². The molecule has 32 heavy (non-hydrogen) atoms. The fraction of sp³-hybridized carbons (Fsp3) is 0.476. The minimum atomic E-state index is -1.30. The summed E-state index contributed by atoms with van der Waals surface area (Å²) in [5.41, 5.74) is 0.348. The molecule has 0 aliphatic carbocycles. The Morgan fingerprint density at radius 1 is 0.906 bits per heavy atom. The molecule has 0 spiro atoms. The zero-order valence-electron chi connectivity index (χ0n) is 18.0. The van der Waals surface area contributed by atoms with Crippen LogP contribution < -0.4 is 0 Å². The number of hydrogen-bond acceptors (Lipinski definition) is 11. The molecule has 11 nitrogen and oxygen atoms in total. The molecule has 1 saturated heterocycles. The van der Waals surface area contributed by atoms with Gasteiger partial charge in [-0.05, 0) is 12.1 Å². The molecule has 0 aromatic heterocycles. The van der Waals surface area contributed by atoms with Crippen LogP contribution >= 0.6 is 0 Å². The number of carbonyl (C=O) groups excluding carboxylic acids is 4. The van der Waals surface area contributed by atoms with Gasteiger partial charge in [-0.1, -0.05) is 12.1 Å². The lowest BCUT2D eigenvalue weighted by Gasteiger charge is -2.43. The van der Waals surface area contributed by atoms with Gasteiger partial charge in [-0.15, -0.1) is 0 Å². The van der Waals surface area contributed by atoms with Crippen LogP contribution in [0.15, 0.2) is 29.3 Å². The Morgan fingerprint density at radius 2 is 1.47 bits per heavy atom. The van der Waals surface area contributed by atoms with Gasteiger partial charge >= 0.3 is 23.9 Å². The van der Waals surface area contributed by atoms with Crippen molar-refractivity contribution in [3.05, 3.63) is 29.8 Å². The van der Waals surface area contributed by atoms with Crippen molar-refractivity contribution in [2.45, 2.75) is 58.3 Å². The number of nitrogens with zero attached hydrogens (tertiary/aromatic N) is 1. The summed E-state index contributed by atoms with van der Waals surface area (Å²) < 4.78 is 26.7. The number of phenolic OH excluding ortho intramolecular Hbond substituents is 1. The van der Waals surface area contributed by atoms with Crippen LogP contribution in [-0.2, 0) is 42.9 Å². The third-order valence-electron chi connectivity index (χ3n) is 4.26. The number of aromatic hydroxyl groups is 1. The van der Waals surface area contributed by atoms with E-state index >= 15 is 0 Å². The van der Waals surface area contributed by atoms with Crippen molar-refractivity contribution in [1.82, 2.24) is 0 Å². The van der Waals surface area contributed by atoms with Crippen LogP contribution in [-0.4, -0.2) is 72.4 Å². The summed E-state index contributed by atoms with van der Waals surface area (Å²) in [7, 11) is 0. The predicted molar refractivity (Wildman–Crippen MR) is 108 cm³/mol. The third-order valence-corrected chi connectivity index (χ3v) is 4.26. The molecule has 1 aromatic rings. The molecule has 0 amide bonds. The first-order chi connectivity index (χ1) is 15.1. The largest absolute Gasteiger partial charge is 0.507 e. The molecule has 5 unspecified atom stereocenters. The van der Waals surface area contributed by atoms with Crippen LogP contribution in [0.5, 0.6) is 5.75 Å². The number of ether oxygens (including phenoxy) is 5. The minimum absolute atomic E-state index is 0.0538. The molecule has 1 heterocycles. The highest BCUT2D eigenvalue weighted by atomic mass is 16.7. The molecule has 1 N–H and O–H groups in total. The lowest BCUT2D eigenvalue weighted by Crippen LogP contribution is -2.62.